The third-order valence-corrected chi connectivity index (χ3v) is 4.54. The van der Waals surface area contributed by atoms with Gasteiger partial charge >= 0.3 is 0 Å². The van der Waals surface area contributed by atoms with Gasteiger partial charge in [-0.1, -0.05) is 66.8 Å². The SMILES string of the molecule is C[C@@H](Cc1nnc(NC(=O)COc2ccccc2)s1)c1ccccc1. The number of hydrogen-bond donors (Lipinski definition) is 1. The van der Waals surface area contributed by atoms with Crippen LogP contribution in [-0.2, 0) is 11.2 Å². The molecule has 0 aliphatic heterocycles. The molecule has 0 saturated heterocycles. The first-order valence-electron chi connectivity index (χ1n) is 8.06. The first kappa shape index (κ1) is 17.1. The molecular weight excluding hydrogens is 334 g/mol. The smallest absolute Gasteiger partial charge is 0.264 e. The first-order valence-corrected chi connectivity index (χ1v) is 8.87. The number of nitrogens with zero attached hydrogens (tertiary/aromatic N) is 2. The van der Waals surface area contributed by atoms with Crippen LogP contribution in [0.3, 0.4) is 0 Å². The summed E-state index contributed by atoms with van der Waals surface area (Å²) in [6, 6.07) is 19.5. The number of ether oxygens (including phenoxy) is 1. The first-order chi connectivity index (χ1) is 12.2. The van der Waals surface area contributed by atoms with Crippen molar-refractivity contribution in [1.29, 1.82) is 0 Å². The summed E-state index contributed by atoms with van der Waals surface area (Å²) >= 11 is 1.40. The Hall–Kier alpha value is -2.73. The monoisotopic (exact) mass is 353 g/mol. The molecule has 1 N–H and O–H groups in total. The second-order valence-corrected chi connectivity index (χ2v) is 6.73. The molecule has 128 valence electrons. The van der Waals surface area contributed by atoms with E-state index in [-0.39, 0.29) is 12.5 Å². The Morgan fingerprint density at radius 3 is 2.48 bits per heavy atom. The molecule has 3 aromatic rings. The molecule has 25 heavy (non-hydrogen) atoms. The van der Waals surface area contributed by atoms with Crippen molar-refractivity contribution in [3.63, 3.8) is 0 Å². The fourth-order valence-corrected chi connectivity index (χ4v) is 3.25. The van der Waals surface area contributed by atoms with Crippen LogP contribution in [0, 0.1) is 0 Å². The van der Waals surface area contributed by atoms with Gasteiger partial charge in [-0.15, -0.1) is 10.2 Å². The van der Waals surface area contributed by atoms with Gasteiger partial charge in [-0.3, -0.25) is 10.1 Å². The summed E-state index contributed by atoms with van der Waals surface area (Å²) in [7, 11) is 0. The van der Waals surface area contributed by atoms with Crippen molar-refractivity contribution in [3.8, 4) is 5.75 Å². The van der Waals surface area contributed by atoms with E-state index in [1.165, 1.54) is 16.9 Å². The van der Waals surface area contributed by atoms with Crippen LogP contribution in [0.4, 0.5) is 5.13 Å². The molecule has 3 rings (SSSR count). The summed E-state index contributed by atoms with van der Waals surface area (Å²) in [5.41, 5.74) is 1.26. The zero-order chi connectivity index (χ0) is 17.5. The van der Waals surface area contributed by atoms with E-state index >= 15 is 0 Å². The largest absolute Gasteiger partial charge is 0.484 e. The molecule has 1 atom stereocenters. The van der Waals surface area contributed by atoms with Crippen LogP contribution < -0.4 is 10.1 Å². The number of hydrogen-bond acceptors (Lipinski definition) is 5. The number of benzene rings is 2. The fraction of sp³-hybridized carbons (Fsp3) is 0.211. The van der Waals surface area contributed by atoms with Gasteiger partial charge in [0, 0.05) is 6.42 Å². The lowest BCUT2D eigenvalue weighted by Crippen LogP contribution is -2.20. The minimum absolute atomic E-state index is 0.0562. The lowest BCUT2D eigenvalue weighted by Gasteiger charge is -2.08. The van der Waals surface area contributed by atoms with Crippen LogP contribution in [0.2, 0.25) is 0 Å². The van der Waals surface area contributed by atoms with Crippen LogP contribution in [0.25, 0.3) is 0 Å². The second kappa shape index (κ2) is 8.39. The molecular formula is C19H19N3O2S. The van der Waals surface area contributed by atoms with E-state index in [9.17, 15) is 4.79 Å². The highest BCUT2D eigenvalue weighted by Gasteiger charge is 2.12. The van der Waals surface area contributed by atoms with Gasteiger partial charge in [0.2, 0.25) is 5.13 Å². The van der Waals surface area contributed by atoms with Crippen molar-refractivity contribution in [2.75, 3.05) is 11.9 Å². The third-order valence-electron chi connectivity index (χ3n) is 3.68. The van der Waals surface area contributed by atoms with Crippen molar-refractivity contribution < 1.29 is 9.53 Å². The molecule has 1 heterocycles. The van der Waals surface area contributed by atoms with Gasteiger partial charge in [-0.25, -0.2) is 0 Å². The fourth-order valence-electron chi connectivity index (χ4n) is 2.37. The molecule has 6 heteroatoms. The Morgan fingerprint density at radius 1 is 1.08 bits per heavy atom. The van der Waals surface area contributed by atoms with E-state index in [0.29, 0.717) is 16.8 Å². The molecule has 1 aromatic heterocycles. The molecule has 0 radical (unpaired) electrons. The average molecular weight is 353 g/mol. The molecule has 0 unspecified atom stereocenters. The van der Waals surface area contributed by atoms with E-state index < -0.39 is 0 Å². The van der Waals surface area contributed by atoms with E-state index in [4.69, 9.17) is 4.74 Å². The third kappa shape index (κ3) is 5.12. The minimum atomic E-state index is -0.248. The van der Waals surface area contributed by atoms with Gasteiger partial charge in [0.1, 0.15) is 10.8 Å². The van der Waals surface area contributed by atoms with Crippen LogP contribution in [0.15, 0.2) is 60.7 Å². The molecule has 0 spiro atoms. The van der Waals surface area contributed by atoms with Gasteiger partial charge in [-0.2, -0.15) is 0 Å². The maximum atomic E-state index is 11.9. The lowest BCUT2D eigenvalue weighted by molar-refractivity contribution is -0.118. The highest BCUT2D eigenvalue weighted by atomic mass is 32.1. The molecule has 0 aliphatic carbocycles. The normalized spacial score (nSPS) is 11.7. The van der Waals surface area contributed by atoms with E-state index in [1.54, 1.807) is 12.1 Å². The van der Waals surface area contributed by atoms with Crippen molar-refractivity contribution in [2.45, 2.75) is 19.3 Å². The summed E-state index contributed by atoms with van der Waals surface area (Å²) in [6.07, 6.45) is 0.790. The quantitative estimate of drug-likeness (QED) is 0.700. The van der Waals surface area contributed by atoms with Gasteiger partial charge in [0.25, 0.3) is 5.91 Å². The Kier molecular flexibility index (Phi) is 5.74. The topological polar surface area (TPSA) is 64.1 Å². The maximum absolute atomic E-state index is 11.9. The predicted octanol–water partition coefficient (Wildman–Crippen LogP) is 3.90. The standard InChI is InChI=1S/C19H19N3O2S/c1-14(15-8-4-2-5-9-15)12-18-21-22-19(25-18)20-17(23)13-24-16-10-6-3-7-11-16/h2-11,14H,12-13H2,1H3,(H,20,22,23)/t14-/m0/s1. The molecule has 0 saturated carbocycles. The molecule has 2 aromatic carbocycles. The van der Waals surface area contributed by atoms with Gasteiger partial charge in [-0.05, 0) is 23.6 Å². The van der Waals surface area contributed by atoms with Crippen molar-refractivity contribution in [1.82, 2.24) is 10.2 Å². The zero-order valence-corrected chi connectivity index (χ0v) is 14.7. The number of para-hydroxylation sites is 1. The highest BCUT2D eigenvalue weighted by Crippen LogP contribution is 2.24. The number of carbonyl (C=O) groups is 1. The molecule has 0 aliphatic rings. The summed E-state index contributed by atoms with van der Waals surface area (Å²) in [6.45, 7) is 2.10. The van der Waals surface area contributed by atoms with Gasteiger partial charge in [0.05, 0.1) is 0 Å². The number of anilines is 1. The summed E-state index contributed by atoms with van der Waals surface area (Å²) < 4.78 is 5.41. The Bertz CT molecular complexity index is 806. The van der Waals surface area contributed by atoms with Gasteiger partial charge in [0.15, 0.2) is 6.61 Å². The minimum Gasteiger partial charge on any atom is -0.484 e. The predicted molar refractivity (Wildman–Crippen MR) is 99.0 cm³/mol. The highest BCUT2D eigenvalue weighted by molar-refractivity contribution is 7.15. The number of rotatable bonds is 7. The molecule has 5 nitrogen and oxygen atoms in total. The summed E-state index contributed by atoms with van der Waals surface area (Å²) in [5.74, 6) is 0.758. The molecule has 0 fully saturated rings. The van der Waals surface area contributed by atoms with E-state index in [2.05, 4.69) is 34.6 Å². The lowest BCUT2D eigenvalue weighted by atomic mass is 9.98. The van der Waals surface area contributed by atoms with Crippen molar-refractivity contribution in [2.24, 2.45) is 0 Å². The van der Waals surface area contributed by atoms with Crippen LogP contribution in [0.1, 0.15) is 23.4 Å². The van der Waals surface area contributed by atoms with Crippen LogP contribution in [0.5, 0.6) is 5.75 Å². The average Bonchev–Trinajstić information content (AvgIpc) is 3.08. The van der Waals surface area contributed by atoms with E-state index in [0.717, 1.165) is 11.4 Å². The number of aromatic nitrogens is 2. The van der Waals surface area contributed by atoms with Crippen LogP contribution >= 0.6 is 11.3 Å². The maximum Gasteiger partial charge on any atom is 0.264 e. The van der Waals surface area contributed by atoms with Crippen LogP contribution in [-0.4, -0.2) is 22.7 Å². The zero-order valence-electron chi connectivity index (χ0n) is 13.9. The number of nitrogens with one attached hydrogen (secondary N) is 1. The Labute approximate surface area is 150 Å². The molecule has 0 bridgehead atoms. The van der Waals surface area contributed by atoms with E-state index in [1.807, 2.05) is 36.4 Å². The molecule has 1 amide bonds. The number of amides is 1. The summed E-state index contributed by atoms with van der Waals surface area (Å²) in [5, 5.41) is 12.3. The van der Waals surface area contributed by atoms with Crippen molar-refractivity contribution >= 4 is 22.4 Å². The summed E-state index contributed by atoms with van der Waals surface area (Å²) in [4.78, 5) is 11.9. The van der Waals surface area contributed by atoms with Gasteiger partial charge < -0.3 is 4.74 Å². The second-order valence-electron chi connectivity index (χ2n) is 5.67. The number of carbonyl (C=O) groups excluding carboxylic acids is 1. The Morgan fingerprint density at radius 2 is 1.76 bits per heavy atom. The van der Waals surface area contributed by atoms with Crippen molar-refractivity contribution in [3.05, 3.63) is 71.2 Å². The Balaban J connectivity index is 1.50.